The van der Waals surface area contributed by atoms with Gasteiger partial charge < -0.3 is 0 Å². The minimum atomic E-state index is -1.83. The fraction of sp³-hybridized carbons (Fsp3) is 1.00. The standard InChI is InChI=1S/C4H13NO2SSi/c1-9(2,3)4-5-8(6)7/h5H,4H2,1-3H3,(H,6,7). The first-order valence-electron chi connectivity index (χ1n) is 2.76. The predicted octanol–water partition coefficient (Wildman–Crippen LogP) is 0.590. The van der Waals surface area contributed by atoms with E-state index in [-0.39, 0.29) is 0 Å². The van der Waals surface area contributed by atoms with Crippen molar-refractivity contribution in [3.63, 3.8) is 0 Å². The van der Waals surface area contributed by atoms with Crippen molar-refractivity contribution in [1.82, 2.24) is 4.72 Å². The molecule has 2 N–H and O–H groups in total. The van der Waals surface area contributed by atoms with E-state index in [1.807, 2.05) is 0 Å². The van der Waals surface area contributed by atoms with Crippen molar-refractivity contribution in [2.45, 2.75) is 19.6 Å². The number of hydrogen-bond acceptors (Lipinski definition) is 1. The lowest BCUT2D eigenvalue weighted by molar-refractivity contribution is 0.554. The molecule has 5 heteroatoms. The molecule has 0 aromatic rings. The maximum atomic E-state index is 10.1. The predicted molar refractivity (Wildman–Crippen MR) is 42.1 cm³/mol. The van der Waals surface area contributed by atoms with Crippen molar-refractivity contribution in [3.05, 3.63) is 0 Å². The molecule has 0 radical (unpaired) electrons. The summed E-state index contributed by atoms with van der Waals surface area (Å²) in [6.07, 6.45) is 0.691. The topological polar surface area (TPSA) is 49.3 Å². The Hall–Kier alpha value is 0.287. The molecule has 1 atom stereocenters. The molecule has 0 aliphatic rings. The molecule has 0 fully saturated rings. The van der Waals surface area contributed by atoms with Crippen molar-refractivity contribution >= 4 is 19.3 Å². The summed E-state index contributed by atoms with van der Waals surface area (Å²) in [5, 5.41) is 0. The van der Waals surface area contributed by atoms with Gasteiger partial charge in [-0.1, -0.05) is 19.6 Å². The lowest BCUT2D eigenvalue weighted by Gasteiger charge is -2.13. The van der Waals surface area contributed by atoms with Gasteiger partial charge in [0.05, 0.1) is 8.07 Å². The van der Waals surface area contributed by atoms with Gasteiger partial charge >= 0.3 is 0 Å². The molecular weight excluding hydrogens is 154 g/mol. The van der Waals surface area contributed by atoms with Gasteiger partial charge in [-0.15, -0.1) is 0 Å². The Bertz CT molecular complexity index is 112. The first kappa shape index (κ1) is 9.29. The Labute approximate surface area is 59.3 Å². The fourth-order valence-corrected chi connectivity index (χ4v) is 2.50. The third kappa shape index (κ3) is 8.29. The molecule has 0 spiro atoms. The zero-order valence-electron chi connectivity index (χ0n) is 5.97. The minimum Gasteiger partial charge on any atom is -0.294 e. The van der Waals surface area contributed by atoms with Crippen LogP contribution in [0.3, 0.4) is 0 Å². The molecule has 0 aliphatic heterocycles. The summed E-state index contributed by atoms with van der Waals surface area (Å²) < 4.78 is 20.8. The molecule has 3 nitrogen and oxygen atoms in total. The zero-order chi connectivity index (χ0) is 7.49. The molecule has 0 rings (SSSR count). The van der Waals surface area contributed by atoms with E-state index in [1.165, 1.54) is 0 Å². The van der Waals surface area contributed by atoms with Gasteiger partial charge in [-0.05, 0) is 0 Å². The molecule has 0 amide bonds. The highest BCUT2D eigenvalue weighted by Crippen LogP contribution is 1.96. The number of hydrogen-bond donors (Lipinski definition) is 2. The van der Waals surface area contributed by atoms with Crippen molar-refractivity contribution < 1.29 is 8.76 Å². The summed E-state index contributed by atoms with van der Waals surface area (Å²) in [5.41, 5.74) is 0. The molecule has 0 saturated carbocycles. The van der Waals surface area contributed by atoms with Crippen LogP contribution in [-0.4, -0.2) is 23.0 Å². The van der Waals surface area contributed by atoms with E-state index in [2.05, 4.69) is 24.4 Å². The van der Waals surface area contributed by atoms with Gasteiger partial charge in [-0.2, -0.15) is 0 Å². The van der Waals surface area contributed by atoms with Gasteiger partial charge in [-0.3, -0.25) is 4.55 Å². The van der Waals surface area contributed by atoms with Crippen LogP contribution in [0.4, 0.5) is 0 Å². The normalized spacial score (nSPS) is 15.6. The third-order valence-corrected chi connectivity index (χ3v) is 2.61. The van der Waals surface area contributed by atoms with Crippen molar-refractivity contribution in [2.75, 3.05) is 6.17 Å². The smallest absolute Gasteiger partial charge is 0.231 e. The molecule has 0 aromatic carbocycles. The van der Waals surface area contributed by atoms with Gasteiger partial charge in [0.2, 0.25) is 11.3 Å². The van der Waals surface area contributed by atoms with E-state index in [0.29, 0.717) is 6.17 Å². The van der Waals surface area contributed by atoms with Crippen LogP contribution in [0.5, 0.6) is 0 Å². The van der Waals surface area contributed by atoms with Gasteiger partial charge in [-0.25, -0.2) is 8.93 Å². The molecule has 56 valence electrons. The summed E-state index contributed by atoms with van der Waals surface area (Å²) in [5.74, 6) is 0. The summed E-state index contributed by atoms with van der Waals surface area (Å²) in [6.45, 7) is 6.40. The Morgan fingerprint density at radius 2 is 2.00 bits per heavy atom. The van der Waals surface area contributed by atoms with E-state index < -0.39 is 19.3 Å². The Balaban J connectivity index is 3.39. The largest absolute Gasteiger partial charge is 0.294 e. The second-order valence-electron chi connectivity index (χ2n) is 3.13. The van der Waals surface area contributed by atoms with E-state index in [9.17, 15) is 4.21 Å². The van der Waals surface area contributed by atoms with Crippen LogP contribution in [0.1, 0.15) is 0 Å². The van der Waals surface area contributed by atoms with Crippen molar-refractivity contribution in [3.8, 4) is 0 Å². The molecule has 9 heavy (non-hydrogen) atoms. The van der Waals surface area contributed by atoms with Crippen molar-refractivity contribution in [2.24, 2.45) is 0 Å². The maximum absolute atomic E-state index is 10.1. The van der Waals surface area contributed by atoms with Crippen LogP contribution in [0.15, 0.2) is 0 Å². The second kappa shape index (κ2) is 3.45. The highest BCUT2D eigenvalue weighted by molar-refractivity contribution is 7.77. The summed E-state index contributed by atoms with van der Waals surface area (Å²) in [6, 6.07) is 0. The highest BCUT2D eigenvalue weighted by atomic mass is 32.2. The maximum Gasteiger partial charge on any atom is 0.231 e. The fourth-order valence-electron chi connectivity index (χ4n) is 0.278. The van der Waals surface area contributed by atoms with Crippen LogP contribution >= 0.6 is 0 Å². The van der Waals surface area contributed by atoms with Crippen LogP contribution < -0.4 is 4.72 Å². The highest BCUT2D eigenvalue weighted by Gasteiger charge is 2.12. The molecule has 0 bridgehead atoms. The van der Waals surface area contributed by atoms with Crippen LogP contribution in [0.25, 0.3) is 0 Å². The molecule has 1 unspecified atom stereocenters. The van der Waals surface area contributed by atoms with Gasteiger partial charge in [0.15, 0.2) is 0 Å². The Kier molecular flexibility index (Phi) is 3.56. The van der Waals surface area contributed by atoms with E-state index >= 15 is 0 Å². The van der Waals surface area contributed by atoms with Crippen LogP contribution in [0, 0.1) is 0 Å². The minimum absolute atomic E-state index is 0.691. The summed E-state index contributed by atoms with van der Waals surface area (Å²) in [7, 11) is -1.18. The van der Waals surface area contributed by atoms with Gasteiger partial charge in [0.25, 0.3) is 0 Å². The molecule has 0 aromatic heterocycles. The van der Waals surface area contributed by atoms with Crippen molar-refractivity contribution in [1.29, 1.82) is 0 Å². The van der Waals surface area contributed by atoms with Gasteiger partial charge in [0, 0.05) is 6.17 Å². The molecule has 0 heterocycles. The summed E-state index contributed by atoms with van der Waals surface area (Å²) in [4.78, 5) is 0. The lowest BCUT2D eigenvalue weighted by atomic mass is 11.5. The van der Waals surface area contributed by atoms with Crippen LogP contribution in [-0.2, 0) is 11.3 Å². The van der Waals surface area contributed by atoms with Crippen LogP contribution in [0.2, 0.25) is 19.6 Å². The first-order valence-corrected chi connectivity index (χ1v) is 7.57. The Morgan fingerprint density at radius 3 is 2.11 bits per heavy atom. The Morgan fingerprint density at radius 1 is 1.56 bits per heavy atom. The van der Waals surface area contributed by atoms with E-state index in [1.54, 1.807) is 0 Å². The SMILES string of the molecule is C[Si](C)(C)CNS(=O)O. The third-order valence-electron chi connectivity index (χ3n) is 0.726. The first-order chi connectivity index (χ1) is 3.92. The molecular formula is C4H13NO2SSi. The second-order valence-corrected chi connectivity index (χ2v) is 9.39. The average Bonchev–Trinajstić information content (AvgIpc) is 1.59. The molecule has 0 saturated heterocycles. The zero-order valence-corrected chi connectivity index (χ0v) is 7.79. The average molecular weight is 167 g/mol. The number of rotatable bonds is 3. The quantitative estimate of drug-likeness (QED) is 0.477. The lowest BCUT2D eigenvalue weighted by Crippen LogP contribution is -2.37. The van der Waals surface area contributed by atoms with Gasteiger partial charge in [0.1, 0.15) is 0 Å². The monoisotopic (exact) mass is 167 g/mol. The van der Waals surface area contributed by atoms with E-state index in [4.69, 9.17) is 4.55 Å². The summed E-state index contributed by atoms with van der Waals surface area (Å²) >= 11 is -1.83. The number of nitrogens with one attached hydrogen (secondary N) is 1. The van der Waals surface area contributed by atoms with E-state index in [0.717, 1.165) is 0 Å². The molecule has 0 aliphatic carbocycles.